The van der Waals surface area contributed by atoms with Gasteiger partial charge in [-0.3, -0.25) is 0 Å². The molecule has 4 nitrogen and oxygen atoms in total. The fourth-order valence-corrected chi connectivity index (χ4v) is 4.45. The van der Waals surface area contributed by atoms with Crippen LogP contribution in [0, 0.1) is 28.9 Å². The fourth-order valence-electron chi connectivity index (χ4n) is 4.45. The number of furan rings is 1. The van der Waals surface area contributed by atoms with E-state index >= 15 is 0 Å². The van der Waals surface area contributed by atoms with Gasteiger partial charge >= 0.3 is 6.03 Å². The Morgan fingerprint density at radius 2 is 2.11 bits per heavy atom. The third kappa shape index (κ3) is 3.43. The number of anilines is 1. The van der Waals surface area contributed by atoms with Crippen molar-refractivity contribution in [3.63, 3.8) is 0 Å². The Morgan fingerprint density at radius 3 is 2.75 bits per heavy atom. The van der Waals surface area contributed by atoms with Gasteiger partial charge in [-0.05, 0) is 54.4 Å². The molecule has 0 aliphatic heterocycles. The van der Waals surface area contributed by atoms with Gasteiger partial charge in [0.2, 0.25) is 0 Å². The average Bonchev–Trinajstić information content (AvgIpc) is 3.16. The van der Waals surface area contributed by atoms with Gasteiger partial charge in [-0.1, -0.05) is 25.5 Å². The van der Waals surface area contributed by atoms with Crippen LogP contribution in [0.1, 0.15) is 32.4 Å². The molecule has 148 valence electrons. The fraction of sp³-hybridized carbons (Fsp3) is 0.409. The highest BCUT2D eigenvalue weighted by Gasteiger charge is 2.51. The number of carbonyl (C=O) groups is 1. The zero-order chi connectivity index (χ0) is 19.9. The second-order valence-corrected chi connectivity index (χ2v) is 8.31. The number of allylic oxidation sites excluding steroid dienone is 1. The van der Waals surface area contributed by atoms with Crippen LogP contribution in [-0.4, -0.2) is 17.5 Å². The SMILES string of the molecule is CC1(C)C2CC=C(CN(Cc3ccco3)C(=O)Nc3ccc(F)cc3F)C1C2. The van der Waals surface area contributed by atoms with E-state index in [4.69, 9.17) is 4.42 Å². The normalized spacial score (nSPS) is 22.2. The monoisotopic (exact) mass is 386 g/mol. The summed E-state index contributed by atoms with van der Waals surface area (Å²) in [6, 6.07) is 6.24. The predicted octanol–water partition coefficient (Wildman–Crippen LogP) is 5.58. The molecule has 5 rings (SSSR count). The molecule has 2 amide bonds. The van der Waals surface area contributed by atoms with Crippen LogP contribution in [0.15, 0.2) is 52.7 Å². The first-order chi connectivity index (χ1) is 13.3. The molecule has 2 atom stereocenters. The van der Waals surface area contributed by atoms with Crippen LogP contribution in [-0.2, 0) is 6.54 Å². The average molecular weight is 386 g/mol. The van der Waals surface area contributed by atoms with Crippen molar-refractivity contribution in [3.8, 4) is 0 Å². The van der Waals surface area contributed by atoms with Crippen LogP contribution in [0.25, 0.3) is 0 Å². The molecule has 1 aromatic heterocycles. The Balaban J connectivity index is 1.53. The summed E-state index contributed by atoms with van der Waals surface area (Å²) in [5.41, 5.74) is 1.45. The summed E-state index contributed by atoms with van der Waals surface area (Å²) in [4.78, 5) is 14.5. The van der Waals surface area contributed by atoms with E-state index in [0.29, 0.717) is 24.1 Å². The summed E-state index contributed by atoms with van der Waals surface area (Å²) in [5, 5.41) is 2.56. The molecule has 1 fully saturated rings. The Bertz CT molecular complexity index is 905. The Labute approximate surface area is 163 Å². The molecule has 0 saturated heterocycles. The van der Waals surface area contributed by atoms with Gasteiger partial charge in [-0.15, -0.1) is 0 Å². The van der Waals surface area contributed by atoms with Crippen molar-refractivity contribution in [2.45, 2.75) is 33.2 Å². The lowest BCUT2D eigenvalue weighted by atomic mass is 9.49. The number of benzene rings is 1. The number of halogens is 2. The number of fused-ring (bicyclic) bond motifs is 1. The zero-order valence-corrected chi connectivity index (χ0v) is 16.0. The number of hydrogen-bond donors (Lipinski definition) is 1. The lowest BCUT2D eigenvalue weighted by Gasteiger charge is -2.57. The smallest absolute Gasteiger partial charge is 0.322 e. The summed E-state index contributed by atoms with van der Waals surface area (Å²) in [6.45, 7) is 5.29. The maximum atomic E-state index is 14.0. The van der Waals surface area contributed by atoms with E-state index in [1.807, 2.05) is 0 Å². The van der Waals surface area contributed by atoms with Crippen molar-refractivity contribution < 1.29 is 18.0 Å². The van der Waals surface area contributed by atoms with Crippen LogP contribution < -0.4 is 5.32 Å². The van der Waals surface area contributed by atoms with Crippen molar-refractivity contribution in [2.75, 3.05) is 11.9 Å². The lowest BCUT2D eigenvalue weighted by Crippen LogP contribution is -2.50. The highest BCUT2D eigenvalue weighted by molar-refractivity contribution is 5.89. The van der Waals surface area contributed by atoms with Gasteiger partial charge < -0.3 is 14.6 Å². The number of nitrogens with zero attached hydrogens (tertiary/aromatic N) is 1. The first-order valence-electron chi connectivity index (χ1n) is 9.57. The van der Waals surface area contributed by atoms with Crippen LogP contribution in [0.2, 0.25) is 0 Å². The Morgan fingerprint density at radius 1 is 1.29 bits per heavy atom. The molecule has 6 heteroatoms. The number of rotatable bonds is 5. The van der Waals surface area contributed by atoms with Crippen molar-refractivity contribution in [1.82, 2.24) is 4.90 Å². The van der Waals surface area contributed by atoms with Gasteiger partial charge in [0.25, 0.3) is 0 Å². The van der Waals surface area contributed by atoms with E-state index in [-0.39, 0.29) is 17.6 Å². The van der Waals surface area contributed by atoms with E-state index in [2.05, 4.69) is 25.2 Å². The number of carbonyl (C=O) groups excluding carboxylic acids is 1. The van der Waals surface area contributed by atoms with E-state index in [9.17, 15) is 13.6 Å². The quantitative estimate of drug-likeness (QED) is 0.682. The molecule has 3 aliphatic rings. The number of hydrogen-bond acceptors (Lipinski definition) is 2. The predicted molar refractivity (Wildman–Crippen MR) is 103 cm³/mol. The molecule has 1 heterocycles. The van der Waals surface area contributed by atoms with Crippen LogP contribution >= 0.6 is 0 Å². The van der Waals surface area contributed by atoms with E-state index in [1.54, 1.807) is 23.3 Å². The molecular formula is C22H24F2N2O2. The maximum Gasteiger partial charge on any atom is 0.322 e. The highest BCUT2D eigenvalue weighted by Crippen LogP contribution is 2.59. The molecule has 1 N–H and O–H groups in total. The van der Waals surface area contributed by atoms with E-state index < -0.39 is 17.7 Å². The van der Waals surface area contributed by atoms with Gasteiger partial charge in [0.15, 0.2) is 0 Å². The van der Waals surface area contributed by atoms with E-state index in [1.165, 1.54) is 11.6 Å². The lowest BCUT2D eigenvalue weighted by molar-refractivity contribution is -0.00975. The van der Waals surface area contributed by atoms with Gasteiger partial charge in [-0.2, -0.15) is 0 Å². The molecule has 0 spiro atoms. The molecule has 1 saturated carbocycles. The molecule has 2 unspecified atom stereocenters. The Hall–Kier alpha value is -2.63. The summed E-state index contributed by atoms with van der Waals surface area (Å²) >= 11 is 0. The summed E-state index contributed by atoms with van der Waals surface area (Å²) < 4.78 is 32.5. The topological polar surface area (TPSA) is 45.5 Å². The van der Waals surface area contributed by atoms with Crippen LogP contribution in [0.3, 0.4) is 0 Å². The third-order valence-corrected chi connectivity index (χ3v) is 6.34. The van der Waals surface area contributed by atoms with Crippen LogP contribution in [0.4, 0.5) is 19.3 Å². The molecule has 0 radical (unpaired) electrons. The first kappa shape index (κ1) is 18.7. The number of amides is 2. The van der Waals surface area contributed by atoms with Crippen molar-refractivity contribution in [3.05, 3.63) is 65.6 Å². The van der Waals surface area contributed by atoms with Crippen molar-refractivity contribution >= 4 is 11.7 Å². The highest BCUT2D eigenvalue weighted by atomic mass is 19.1. The molecular weight excluding hydrogens is 362 g/mol. The standard InChI is InChI=1S/C22H24F2N2O2/c1-22(2)15-6-5-14(18(22)10-15)12-26(13-17-4-3-9-28-17)21(27)25-20-8-7-16(23)11-19(20)24/h3-5,7-9,11,15,18H,6,10,12-13H2,1-2H3,(H,25,27). The largest absolute Gasteiger partial charge is 0.467 e. The molecule has 1 aromatic carbocycles. The zero-order valence-electron chi connectivity index (χ0n) is 16.0. The second kappa shape index (κ2) is 7.08. The first-order valence-corrected chi connectivity index (χ1v) is 9.57. The molecule has 28 heavy (non-hydrogen) atoms. The Kier molecular flexibility index (Phi) is 4.73. The van der Waals surface area contributed by atoms with E-state index in [0.717, 1.165) is 25.0 Å². The molecule has 2 bridgehead atoms. The summed E-state index contributed by atoms with van der Waals surface area (Å²) in [6.07, 6.45) is 5.98. The third-order valence-electron chi connectivity index (χ3n) is 6.34. The number of urea groups is 1. The van der Waals surface area contributed by atoms with Crippen LogP contribution in [0.5, 0.6) is 0 Å². The summed E-state index contributed by atoms with van der Waals surface area (Å²) in [7, 11) is 0. The minimum absolute atomic E-state index is 0.0440. The maximum absolute atomic E-state index is 14.0. The minimum Gasteiger partial charge on any atom is -0.467 e. The minimum atomic E-state index is -0.800. The van der Waals surface area contributed by atoms with Crippen molar-refractivity contribution in [2.24, 2.45) is 17.3 Å². The molecule has 3 aliphatic carbocycles. The van der Waals surface area contributed by atoms with Gasteiger partial charge in [-0.25, -0.2) is 13.6 Å². The second-order valence-electron chi connectivity index (χ2n) is 8.31. The van der Waals surface area contributed by atoms with Gasteiger partial charge in [0.1, 0.15) is 17.4 Å². The van der Waals surface area contributed by atoms with Crippen molar-refractivity contribution in [1.29, 1.82) is 0 Å². The van der Waals surface area contributed by atoms with Gasteiger partial charge in [0.05, 0.1) is 18.5 Å². The molecule has 2 aromatic rings. The number of nitrogens with one attached hydrogen (secondary N) is 1. The van der Waals surface area contributed by atoms with Gasteiger partial charge in [0, 0.05) is 12.6 Å². The summed E-state index contributed by atoms with van der Waals surface area (Å²) in [5.74, 6) is 0.336.